The van der Waals surface area contributed by atoms with Crippen molar-refractivity contribution in [1.82, 2.24) is 0 Å². The van der Waals surface area contributed by atoms with Gasteiger partial charge in [0.25, 0.3) is 0 Å². The van der Waals surface area contributed by atoms with Crippen molar-refractivity contribution in [2.75, 3.05) is 18.2 Å². The van der Waals surface area contributed by atoms with Crippen LogP contribution in [0.3, 0.4) is 0 Å². The average molecular weight is 359 g/mol. The van der Waals surface area contributed by atoms with E-state index in [9.17, 15) is 5.11 Å². The summed E-state index contributed by atoms with van der Waals surface area (Å²) in [4.78, 5) is 3.62. The molecule has 1 unspecified atom stereocenters. The van der Waals surface area contributed by atoms with Gasteiger partial charge in [-0.2, -0.15) is 0 Å². The third kappa shape index (κ3) is 3.32. The summed E-state index contributed by atoms with van der Waals surface area (Å²) in [6, 6.07) is 12.8. The second kappa shape index (κ2) is 7.61. The molecule has 0 amide bonds. The number of hydrogen-bond acceptors (Lipinski definition) is 2. The Kier molecular flexibility index (Phi) is 5.94. The highest BCUT2D eigenvalue weighted by Gasteiger charge is 2.35. The van der Waals surface area contributed by atoms with Crippen LogP contribution in [0.5, 0.6) is 0 Å². The maximum Gasteiger partial charge on any atom is 0.166 e. The lowest BCUT2D eigenvalue weighted by Gasteiger charge is -2.24. The second-order valence-corrected chi connectivity index (χ2v) is 6.80. The third-order valence-corrected chi connectivity index (χ3v) is 5.17. The zero-order valence-electron chi connectivity index (χ0n) is 15.7. The molecule has 134 valence electrons. The maximum atomic E-state index is 10.0. The molecule has 0 fully saturated rings. The Labute approximate surface area is 157 Å². The Morgan fingerprint density at radius 2 is 1.36 bits per heavy atom. The topological polar surface area (TPSA) is 27.9 Å². The van der Waals surface area contributed by atoms with Gasteiger partial charge in [-0.25, -0.2) is 0 Å². The molecule has 0 saturated carbocycles. The number of aryl methyl sites for hydroxylation is 4. The first-order valence-electron chi connectivity index (χ1n) is 8.52. The van der Waals surface area contributed by atoms with Gasteiger partial charge in [0, 0.05) is 18.1 Å². The summed E-state index contributed by atoms with van der Waals surface area (Å²) in [5.41, 5.74) is 9.86. The molecule has 0 saturated heterocycles. The Bertz CT molecular complexity index is 773. The average Bonchev–Trinajstić information content (AvgIpc) is 2.83. The molecule has 3 rings (SSSR count). The van der Waals surface area contributed by atoms with Crippen LogP contribution in [-0.4, -0.2) is 18.4 Å². The summed E-state index contributed by atoms with van der Waals surface area (Å²) < 4.78 is 0. The number of aliphatic hydroxyl groups excluding tert-OH is 1. The highest BCUT2D eigenvalue weighted by atomic mass is 35.5. The summed E-state index contributed by atoms with van der Waals surface area (Å²) in [7, 11) is 0. The minimum Gasteiger partial charge on any atom is -1.00 e. The van der Waals surface area contributed by atoms with Crippen molar-refractivity contribution in [2.24, 2.45) is 0 Å². The summed E-state index contributed by atoms with van der Waals surface area (Å²) in [5, 5.41) is 10.0. The molecule has 1 aliphatic rings. The number of hydrogen-bond donors (Lipinski definition) is 2. The van der Waals surface area contributed by atoms with E-state index in [-0.39, 0.29) is 19.0 Å². The molecule has 2 aromatic carbocycles. The van der Waals surface area contributed by atoms with E-state index in [1.807, 2.05) is 0 Å². The van der Waals surface area contributed by atoms with Gasteiger partial charge in [0.1, 0.15) is 17.1 Å². The molecule has 0 aliphatic carbocycles. The van der Waals surface area contributed by atoms with E-state index in [0.717, 1.165) is 12.4 Å². The van der Waals surface area contributed by atoms with Crippen molar-refractivity contribution >= 4 is 11.4 Å². The van der Waals surface area contributed by atoms with E-state index in [0.29, 0.717) is 0 Å². The normalized spacial score (nSPS) is 17.0. The van der Waals surface area contributed by atoms with Gasteiger partial charge >= 0.3 is 0 Å². The van der Waals surface area contributed by atoms with Crippen LogP contribution in [0.15, 0.2) is 47.8 Å². The number of nitrogens with one attached hydrogen (secondary N) is 1. The van der Waals surface area contributed by atoms with Crippen LogP contribution >= 0.6 is 0 Å². The monoisotopic (exact) mass is 358 g/mol. The van der Waals surface area contributed by atoms with E-state index in [2.05, 4.69) is 75.9 Å². The summed E-state index contributed by atoms with van der Waals surface area (Å²) in [6.07, 6.45) is 0. The van der Waals surface area contributed by atoms with Crippen LogP contribution in [0.25, 0.3) is 0 Å². The Morgan fingerprint density at radius 1 is 0.880 bits per heavy atom. The molecule has 0 radical (unpaired) electrons. The lowest BCUT2D eigenvalue weighted by Crippen LogP contribution is -3.05. The first kappa shape index (κ1) is 19.5. The van der Waals surface area contributed by atoms with Crippen molar-refractivity contribution < 1.29 is 22.4 Å². The van der Waals surface area contributed by atoms with Crippen LogP contribution in [-0.2, 0) is 0 Å². The predicted molar refractivity (Wildman–Crippen MR) is 99.6 cm³/mol. The number of nitrogens with zero attached hydrogens (tertiary/aromatic N) is 1. The number of benzene rings is 2. The first-order valence-corrected chi connectivity index (χ1v) is 8.52. The molecule has 0 aromatic heterocycles. The second-order valence-electron chi connectivity index (χ2n) is 6.80. The van der Waals surface area contributed by atoms with Gasteiger partial charge in [-0.15, -0.1) is 0 Å². The zero-order valence-corrected chi connectivity index (χ0v) is 16.4. The van der Waals surface area contributed by atoms with Crippen LogP contribution in [0.4, 0.5) is 11.4 Å². The SMILES string of the molecule is CC1=C(CO)N(c2c(C)cccc2C)C[NH+]1c1c(C)cccc1C.[Cl-]. The molecule has 1 atom stereocenters. The molecule has 0 spiro atoms. The summed E-state index contributed by atoms with van der Waals surface area (Å²) in [6.45, 7) is 11.6. The van der Waals surface area contributed by atoms with E-state index < -0.39 is 0 Å². The van der Waals surface area contributed by atoms with Crippen LogP contribution in [0, 0.1) is 27.7 Å². The van der Waals surface area contributed by atoms with E-state index in [1.165, 1.54) is 44.2 Å². The molecule has 4 heteroatoms. The third-order valence-electron chi connectivity index (χ3n) is 5.17. The number of halogens is 1. The quantitative estimate of drug-likeness (QED) is 0.817. The highest BCUT2D eigenvalue weighted by Crippen LogP contribution is 2.30. The molecule has 2 N–H and O–H groups in total. The van der Waals surface area contributed by atoms with Crippen LogP contribution in [0.2, 0.25) is 0 Å². The molecule has 2 aromatic rings. The zero-order chi connectivity index (χ0) is 17.4. The smallest absolute Gasteiger partial charge is 0.166 e. The predicted octanol–water partition coefficient (Wildman–Crippen LogP) is 0.142. The van der Waals surface area contributed by atoms with E-state index in [1.54, 1.807) is 0 Å². The van der Waals surface area contributed by atoms with E-state index >= 15 is 0 Å². The Balaban J connectivity index is 0.00000225. The van der Waals surface area contributed by atoms with Gasteiger partial charge in [0.05, 0.1) is 12.3 Å². The Hall–Kier alpha value is -1.81. The molecule has 0 bridgehead atoms. The maximum absolute atomic E-state index is 10.0. The molecule has 3 nitrogen and oxygen atoms in total. The number of rotatable bonds is 3. The Morgan fingerprint density at radius 3 is 1.84 bits per heavy atom. The van der Waals surface area contributed by atoms with Gasteiger partial charge in [0.15, 0.2) is 6.67 Å². The largest absolute Gasteiger partial charge is 1.00 e. The van der Waals surface area contributed by atoms with Crippen molar-refractivity contribution in [3.8, 4) is 0 Å². The summed E-state index contributed by atoms with van der Waals surface area (Å²) >= 11 is 0. The molecule has 1 heterocycles. The number of aliphatic hydroxyl groups is 1. The van der Waals surface area contributed by atoms with Crippen molar-refractivity contribution in [1.29, 1.82) is 0 Å². The number of para-hydroxylation sites is 2. The highest BCUT2D eigenvalue weighted by molar-refractivity contribution is 5.63. The fraction of sp³-hybridized carbons (Fsp3) is 0.333. The molecule has 25 heavy (non-hydrogen) atoms. The van der Waals surface area contributed by atoms with Crippen molar-refractivity contribution in [3.63, 3.8) is 0 Å². The fourth-order valence-electron chi connectivity index (χ4n) is 3.96. The van der Waals surface area contributed by atoms with Crippen LogP contribution in [0.1, 0.15) is 29.2 Å². The minimum absolute atomic E-state index is 0. The van der Waals surface area contributed by atoms with Gasteiger partial charge in [-0.05, 0) is 38.8 Å². The fourth-order valence-corrected chi connectivity index (χ4v) is 3.96. The standard InChI is InChI=1S/C21H26N2O.ClH/c1-14-8-6-9-15(2)20(14)22-13-23(19(12-24)18(22)5)21-16(3)10-7-11-17(21)4;/h6-11,24H,12-13H2,1-5H3;1H. The lowest BCUT2D eigenvalue weighted by molar-refractivity contribution is -0.783. The van der Waals surface area contributed by atoms with Crippen molar-refractivity contribution in [2.45, 2.75) is 34.6 Å². The minimum atomic E-state index is 0. The van der Waals surface area contributed by atoms with Gasteiger partial charge in [0.2, 0.25) is 0 Å². The number of quaternary nitrogens is 1. The van der Waals surface area contributed by atoms with E-state index in [4.69, 9.17) is 0 Å². The molecule has 1 aliphatic heterocycles. The molecular weight excluding hydrogens is 332 g/mol. The van der Waals surface area contributed by atoms with Crippen molar-refractivity contribution in [3.05, 3.63) is 70.0 Å². The van der Waals surface area contributed by atoms with Gasteiger partial charge in [-0.1, -0.05) is 36.4 Å². The van der Waals surface area contributed by atoms with Gasteiger partial charge < -0.3 is 17.5 Å². The number of anilines is 1. The first-order chi connectivity index (χ1) is 11.5. The van der Waals surface area contributed by atoms with Crippen LogP contribution < -0.4 is 22.2 Å². The number of allylic oxidation sites excluding steroid dienone is 1. The lowest BCUT2D eigenvalue weighted by atomic mass is 10.1. The molecular formula is C21H27ClN2O. The summed E-state index contributed by atoms with van der Waals surface area (Å²) in [5.74, 6) is 0. The van der Waals surface area contributed by atoms with Gasteiger partial charge in [-0.3, -0.25) is 9.80 Å².